The monoisotopic (exact) mass is 429 g/mol. The van der Waals surface area contributed by atoms with Crippen molar-refractivity contribution in [2.75, 3.05) is 11.9 Å². The molecule has 1 unspecified atom stereocenters. The molecule has 1 fully saturated rings. The zero-order valence-corrected chi connectivity index (χ0v) is 17.8. The van der Waals surface area contributed by atoms with Crippen molar-refractivity contribution in [1.82, 2.24) is 10.2 Å². The molecule has 1 aliphatic heterocycles. The van der Waals surface area contributed by atoms with E-state index in [2.05, 4.69) is 10.6 Å². The fraction of sp³-hybridized carbons (Fsp3) is 0.200. The van der Waals surface area contributed by atoms with Crippen LogP contribution in [-0.2, 0) is 15.1 Å². The van der Waals surface area contributed by atoms with Crippen molar-refractivity contribution in [3.63, 3.8) is 0 Å². The predicted octanol–water partition coefficient (Wildman–Crippen LogP) is 3.84. The summed E-state index contributed by atoms with van der Waals surface area (Å²) >= 11 is 0. The maximum atomic E-state index is 13.3. The van der Waals surface area contributed by atoms with Gasteiger partial charge in [-0.25, -0.2) is 4.79 Å². The molecule has 0 aromatic heterocycles. The number of hydrogen-bond acceptors (Lipinski definition) is 4. The minimum absolute atomic E-state index is 0.129. The Morgan fingerprint density at radius 3 is 2.38 bits per heavy atom. The largest absolute Gasteiger partial charge is 0.326 e. The molecule has 0 bridgehead atoms. The molecule has 7 nitrogen and oxygen atoms in total. The molecule has 0 saturated carbocycles. The van der Waals surface area contributed by atoms with Crippen LogP contribution in [0.25, 0.3) is 10.8 Å². The average molecular weight is 429 g/mol. The number of Topliss-reactive ketones (excluding diaryl/α,β-unsaturated/α-hetero) is 1. The fourth-order valence-electron chi connectivity index (χ4n) is 3.91. The number of imide groups is 1. The van der Waals surface area contributed by atoms with Crippen molar-refractivity contribution in [3.8, 4) is 0 Å². The number of fused-ring (bicyclic) bond motifs is 1. The van der Waals surface area contributed by atoms with Crippen molar-refractivity contribution in [2.45, 2.75) is 25.8 Å². The molecule has 0 radical (unpaired) electrons. The molecule has 3 aromatic rings. The van der Waals surface area contributed by atoms with Gasteiger partial charge in [0.05, 0.1) is 6.54 Å². The van der Waals surface area contributed by atoms with E-state index in [1.54, 1.807) is 38.1 Å². The Balaban J connectivity index is 1.55. The summed E-state index contributed by atoms with van der Waals surface area (Å²) in [7, 11) is 0. The van der Waals surface area contributed by atoms with Crippen LogP contribution in [0, 0.1) is 0 Å². The van der Waals surface area contributed by atoms with Crippen LogP contribution in [0.1, 0.15) is 36.2 Å². The van der Waals surface area contributed by atoms with E-state index in [9.17, 15) is 19.2 Å². The average Bonchev–Trinajstić information content (AvgIpc) is 3.02. The molecule has 7 heteroatoms. The highest BCUT2D eigenvalue weighted by Crippen LogP contribution is 2.33. The standard InChI is InChI=1S/C25H23N3O4/c1-3-22(30)26-18-13-11-17(12-14-18)21(29)15-28-23(31)25(2,27-24(28)32)20-10-6-8-16-7-4-5-9-19(16)20/h4-14H,3,15H2,1-2H3,(H,26,30)(H,27,32). The maximum absolute atomic E-state index is 13.3. The number of carbonyl (C=O) groups excluding carboxylic acids is 4. The molecule has 162 valence electrons. The van der Waals surface area contributed by atoms with Gasteiger partial charge in [-0.1, -0.05) is 49.4 Å². The van der Waals surface area contributed by atoms with Gasteiger partial charge in [0.1, 0.15) is 5.54 Å². The molecule has 3 aromatic carbocycles. The first-order valence-electron chi connectivity index (χ1n) is 10.4. The topological polar surface area (TPSA) is 95.6 Å². The minimum Gasteiger partial charge on any atom is -0.326 e. The molecule has 0 spiro atoms. The third kappa shape index (κ3) is 3.73. The molecule has 32 heavy (non-hydrogen) atoms. The summed E-state index contributed by atoms with van der Waals surface area (Å²) in [6.07, 6.45) is 0.350. The fourth-order valence-corrected chi connectivity index (χ4v) is 3.91. The Morgan fingerprint density at radius 1 is 0.969 bits per heavy atom. The summed E-state index contributed by atoms with van der Waals surface area (Å²) in [6.45, 7) is 3.04. The van der Waals surface area contributed by atoms with E-state index < -0.39 is 17.5 Å². The molecule has 1 aliphatic rings. The van der Waals surface area contributed by atoms with Gasteiger partial charge in [-0.05, 0) is 47.5 Å². The van der Waals surface area contributed by atoms with Crippen LogP contribution in [0.5, 0.6) is 0 Å². The van der Waals surface area contributed by atoms with Crippen LogP contribution >= 0.6 is 0 Å². The van der Waals surface area contributed by atoms with Gasteiger partial charge >= 0.3 is 6.03 Å². The lowest BCUT2D eigenvalue weighted by atomic mass is 9.88. The highest BCUT2D eigenvalue weighted by molar-refractivity contribution is 6.12. The van der Waals surface area contributed by atoms with E-state index in [4.69, 9.17) is 0 Å². The molecule has 1 atom stereocenters. The normalized spacial score (nSPS) is 18.0. The number of urea groups is 1. The molecule has 2 N–H and O–H groups in total. The van der Waals surface area contributed by atoms with E-state index >= 15 is 0 Å². The summed E-state index contributed by atoms with van der Waals surface area (Å²) < 4.78 is 0. The number of nitrogens with zero attached hydrogens (tertiary/aromatic N) is 1. The molecular weight excluding hydrogens is 406 g/mol. The first-order chi connectivity index (χ1) is 15.3. The van der Waals surface area contributed by atoms with Gasteiger partial charge < -0.3 is 10.6 Å². The van der Waals surface area contributed by atoms with Gasteiger partial charge in [-0.2, -0.15) is 0 Å². The quantitative estimate of drug-likeness (QED) is 0.460. The zero-order chi connectivity index (χ0) is 22.9. The molecule has 4 amide bonds. The SMILES string of the molecule is CCC(=O)Nc1ccc(C(=O)CN2C(=O)NC(C)(c3cccc4ccccc34)C2=O)cc1. The summed E-state index contributed by atoms with van der Waals surface area (Å²) in [5, 5.41) is 7.30. The van der Waals surface area contributed by atoms with Crippen molar-refractivity contribution < 1.29 is 19.2 Å². The lowest BCUT2D eigenvalue weighted by molar-refractivity contribution is -0.130. The van der Waals surface area contributed by atoms with Gasteiger partial charge in [-0.3, -0.25) is 19.3 Å². The van der Waals surface area contributed by atoms with Gasteiger partial charge in [0.15, 0.2) is 5.78 Å². The number of nitrogens with one attached hydrogen (secondary N) is 2. The Morgan fingerprint density at radius 2 is 1.66 bits per heavy atom. The number of amides is 4. The van der Waals surface area contributed by atoms with E-state index in [-0.39, 0.29) is 18.2 Å². The number of rotatable bonds is 6. The highest BCUT2D eigenvalue weighted by Gasteiger charge is 2.50. The van der Waals surface area contributed by atoms with Crippen LogP contribution in [0.4, 0.5) is 10.5 Å². The highest BCUT2D eigenvalue weighted by atomic mass is 16.2. The number of benzene rings is 3. The first kappa shape index (κ1) is 21.2. The van der Waals surface area contributed by atoms with Crippen LogP contribution in [-0.4, -0.2) is 35.1 Å². The lowest BCUT2D eigenvalue weighted by Crippen LogP contribution is -2.41. The Hall–Kier alpha value is -4.00. The van der Waals surface area contributed by atoms with Crippen molar-refractivity contribution in [2.24, 2.45) is 0 Å². The van der Waals surface area contributed by atoms with Gasteiger partial charge in [0.25, 0.3) is 5.91 Å². The van der Waals surface area contributed by atoms with Crippen molar-refractivity contribution in [1.29, 1.82) is 0 Å². The Bertz CT molecular complexity index is 1230. The van der Waals surface area contributed by atoms with Crippen molar-refractivity contribution >= 4 is 40.1 Å². The van der Waals surface area contributed by atoms with E-state index in [1.807, 2.05) is 42.5 Å². The van der Waals surface area contributed by atoms with Crippen LogP contribution in [0.2, 0.25) is 0 Å². The minimum atomic E-state index is -1.27. The molecular formula is C25H23N3O4. The molecule has 1 saturated heterocycles. The summed E-state index contributed by atoms with van der Waals surface area (Å²) in [6, 6.07) is 19.0. The first-order valence-corrected chi connectivity index (χ1v) is 10.4. The van der Waals surface area contributed by atoms with Gasteiger partial charge in [0, 0.05) is 17.7 Å². The van der Waals surface area contributed by atoms with Crippen LogP contribution in [0.3, 0.4) is 0 Å². The smallest absolute Gasteiger partial charge is 0.325 e. The summed E-state index contributed by atoms with van der Waals surface area (Å²) in [4.78, 5) is 51.2. The lowest BCUT2D eigenvalue weighted by Gasteiger charge is -2.24. The van der Waals surface area contributed by atoms with E-state index in [0.717, 1.165) is 15.7 Å². The summed E-state index contributed by atoms with van der Waals surface area (Å²) in [5.41, 5.74) is 0.331. The Labute approximate surface area is 185 Å². The number of ketones is 1. The van der Waals surface area contributed by atoms with Gasteiger partial charge in [-0.15, -0.1) is 0 Å². The number of anilines is 1. The third-order valence-corrected chi connectivity index (χ3v) is 5.72. The second-order valence-electron chi connectivity index (χ2n) is 7.88. The summed E-state index contributed by atoms with van der Waals surface area (Å²) in [5.74, 6) is -0.973. The van der Waals surface area contributed by atoms with E-state index in [1.165, 1.54) is 0 Å². The maximum Gasteiger partial charge on any atom is 0.325 e. The third-order valence-electron chi connectivity index (χ3n) is 5.72. The Kier molecular flexibility index (Phi) is 5.48. The molecule has 4 rings (SSSR count). The second-order valence-corrected chi connectivity index (χ2v) is 7.88. The van der Waals surface area contributed by atoms with Crippen molar-refractivity contribution in [3.05, 3.63) is 77.9 Å². The molecule has 1 heterocycles. The van der Waals surface area contributed by atoms with Gasteiger partial charge in [0.2, 0.25) is 5.91 Å². The second kappa shape index (κ2) is 8.26. The predicted molar refractivity (Wildman–Crippen MR) is 121 cm³/mol. The zero-order valence-electron chi connectivity index (χ0n) is 17.8. The van der Waals surface area contributed by atoms with Crippen LogP contribution in [0.15, 0.2) is 66.7 Å². The number of hydrogen-bond donors (Lipinski definition) is 2. The molecule has 0 aliphatic carbocycles. The van der Waals surface area contributed by atoms with Crippen LogP contribution < -0.4 is 10.6 Å². The van der Waals surface area contributed by atoms with E-state index in [0.29, 0.717) is 23.2 Å². The number of carbonyl (C=O) groups is 4.